The second-order valence-electron chi connectivity index (χ2n) is 7.42. The highest BCUT2D eigenvalue weighted by Gasteiger charge is 2.14. The molecule has 0 saturated heterocycles. The highest BCUT2D eigenvalue weighted by atomic mass is 32.2. The zero-order valence-corrected chi connectivity index (χ0v) is 19.2. The van der Waals surface area contributed by atoms with E-state index < -0.39 is 0 Å². The molecule has 3 aromatic rings. The molecule has 3 rings (SSSR count). The highest BCUT2D eigenvalue weighted by Crippen LogP contribution is 2.23. The molecule has 1 amide bonds. The second-order valence-corrected chi connectivity index (χ2v) is 8.36. The minimum Gasteiger partial charge on any atom is -0.491 e. The minimum atomic E-state index is -0.231. The maximum Gasteiger partial charge on any atom is 0.244 e. The fraction of sp³-hybridized carbons (Fsp3) is 0.304. The Balaban J connectivity index is 1.83. The lowest BCUT2D eigenvalue weighted by Crippen LogP contribution is -2.23. The monoisotopic (exact) mass is 438 g/mol. The van der Waals surface area contributed by atoms with Gasteiger partial charge in [0.1, 0.15) is 6.54 Å². The van der Waals surface area contributed by atoms with Crippen molar-refractivity contribution in [2.75, 3.05) is 12.4 Å². The standard InChI is InChI=1S/C23H26N4O3S/c1-14-8-15(2)22(16(3)9-14)26-21(29)12-27-11-20(30-5)19(28)10-18(27)13-31-23-24-7-6-17(4)25-23/h6-11H,12-13H2,1-5H3,(H,26,29). The van der Waals surface area contributed by atoms with E-state index in [0.717, 1.165) is 28.1 Å². The van der Waals surface area contributed by atoms with E-state index in [1.54, 1.807) is 17.0 Å². The Hall–Kier alpha value is -3.13. The van der Waals surface area contributed by atoms with Crippen molar-refractivity contribution in [1.29, 1.82) is 0 Å². The minimum absolute atomic E-state index is 0.0496. The molecule has 0 aliphatic heterocycles. The fourth-order valence-electron chi connectivity index (χ4n) is 3.36. The maximum atomic E-state index is 12.8. The van der Waals surface area contributed by atoms with Crippen LogP contribution in [-0.2, 0) is 17.1 Å². The molecule has 0 aliphatic carbocycles. The molecular weight excluding hydrogens is 412 g/mol. The van der Waals surface area contributed by atoms with Crippen LogP contribution in [-0.4, -0.2) is 27.6 Å². The first-order chi connectivity index (χ1) is 14.8. The van der Waals surface area contributed by atoms with Crippen LogP contribution in [0.1, 0.15) is 28.1 Å². The zero-order valence-electron chi connectivity index (χ0n) is 18.4. The summed E-state index contributed by atoms with van der Waals surface area (Å²) in [6.07, 6.45) is 3.27. The molecule has 2 heterocycles. The van der Waals surface area contributed by atoms with Gasteiger partial charge in [0.25, 0.3) is 0 Å². The van der Waals surface area contributed by atoms with Crippen molar-refractivity contribution in [3.8, 4) is 5.75 Å². The number of carbonyl (C=O) groups is 1. The molecular formula is C23H26N4O3S. The number of nitrogens with one attached hydrogen (secondary N) is 1. The number of nitrogens with zero attached hydrogens (tertiary/aromatic N) is 3. The molecule has 0 aliphatic rings. The number of rotatable bonds is 7. The van der Waals surface area contributed by atoms with Gasteiger partial charge in [0.05, 0.1) is 13.3 Å². The highest BCUT2D eigenvalue weighted by molar-refractivity contribution is 7.98. The summed E-state index contributed by atoms with van der Waals surface area (Å²) in [4.78, 5) is 33.8. The third-order valence-corrected chi connectivity index (χ3v) is 5.67. The van der Waals surface area contributed by atoms with E-state index in [1.807, 2.05) is 45.9 Å². The summed E-state index contributed by atoms with van der Waals surface area (Å²) in [7, 11) is 1.44. The molecule has 0 fully saturated rings. The number of thioether (sulfide) groups is 1. The van der Waals surface area contributed by atoms with Crippen molar-refractivity contribution in [3.63, 3.8) is 0 Å². The summed E-state index contributed by atoms with van der Waals surface area (Å²) in [6, 6.07) is 7.40. The molecule has 0 radical (unpaired) electrons. The second kappa shape index (κ2) is 9.78. The molecule has 162 valence electrons. The number of aromatic nitrogens is 3. The van der Waals surface area contributed by atoms with Gasteiger partial charge in [-0.1, -0.05) is 29.5 Å². The first kappa shape index (κ1) is 22.6. The summed E-state index contributed by atoms with van der Waals surface area (Å²) in [5, 5.41) is 3.62. The quantitative estimate of drug-likeness (QED) is 0.446. The van der Waals surface area contributed by atoms with Crippen LogP contribution in [0, 0.1) is 27.7 Å². The molecule has 8 heteroatoms. The van der Waals surface area contributed by atoms with E-state index in [-0.39, 0.29) is 23.6 Å². The van der Waals surface area contributed by atoms with Gasteiger partial charge in [-0.25, -0.2) is 9.97 Å². The van der Waals surface area contributed by atoms with Gasteiger partial charge in [-0.05, 0) is 44.9 Å². The molecule has 1 aromatic carbocycles. The molecule has 0 bridgehead atoms. The lowest BCUT2D eigenvalue weighted by atomic mass is 10.1. The van der Waals surface area contributed by atoms with Crippen molar-refractivity contribution in [3.05, 3.63) is 75.0 Å². The van der Waals surface area contributed by atoms with E-state index in [9.17, 15) is 9.59 Å². The number of methoxy groups -OCH3 is 1. The Morgan fingerprint density at radius 2 is 1.87 bits per heavy atom. The number of benzene rings is 1. The third kappa shape index (κ3) is 5.73. The van der Waals surface area contributed by atoms with Crippen molar-refractivity contribution >= 4 is 23.4 Å². The molecule has 0 atom stereocenters. The van der Waals surface area contributed by atoms with E-state index in [0.29, 0.717) is 16.6 Å². The maximum absolute atomic E-state index is 12.8. The zero-order chi connectivity index (χ0) is 22.5. The van der Waals surface area contributed by atoms with Gasteiger partial charge in [-0.15, -0.1) is 0 Å². The van der Waals surface area contributed by atoms with Crippen molar-refractivity contribution in [2.24, 2.45) is 0 Å². The van der Waals surface area contributed by atoms with Crippen molar-refractivity contribution in [2.45, 2.75) is 45.1 Å². The number of amides is 1. The fourth-order valence-corrected chi connectivity index (χ4v) is 4.23. The Labute approximate surface area is 185 Å². The smallest absolute Gasteiger partial charge is 0.244 e. The lowest BCUT2D eigenvalue weighted by Gasteiger charge is -2.16. The number of pyridine rings is 1. The van der Waals surface area contributed by atoms with Gasteiger partial charge < -0.3 is 14.6 Å². The van der Waals surface area contributed by atoms with Crippen LogP contribution in [0.15, 0.2) is 46.6 Å². The van der Waals surface area contributed by atoms with Crippen LogP contribution in [0.3, 0.4) is 0 Å². The third-order valence-electron chi connectivity index (χ3n) is 4.78. The van der Waals surface area contributed by atoms with Crippen molar-refractivity contribution < 1.29 is 9.53 Å². The van der Waals surface area contributed by atoms with E-state index in [4.69, 9.17) is 4.74 Å². The summed E-state index contributed by atoms with van der Waals surface area (Å²) in [5.41, 5.74) is 5.31. The Kier molecular flexibility index (Phi) is 7.12. The van der Waals surface area contributed by atoms with Gasteiger partial charge in [-0.3, -0.25) is 9.59 Å². The molecule has 31 heavy (non-hydrogen) atoms. The molecule has 0 unspecified atom stereocenters. The summed E-state index contributed by atoms with van der Waals surface area (Å²) < 4.78 is 6.91. The van der Waals surface area contributed by atoms with Gasteiger partial charge in [0.15, 0.2) is 10.9 Å². The van der Waals surface area contributed by atoms with E-state index in [2.05, 4.69) is 15.3 Å². The number of hydrogen-bond donors (Lipinski definition) is 1. The van der Waals surface area contributed by atoms with Crippen LogP contribution in [0.25, 0.3) is 0 Å². The van der Waals surface area contributed by atoms with Crippen molar-refractivity contribution in [1.82, 2.24) is 14.5 Å². The van der Waals surface area contributed by atoms with Gasteiger partial charge >= 0.3 is 0 Å². The van der Waals surface area contributed by atoms with Gasteiger partial charge in [0, 0.05) is 35.1 Å². The van der Waals surface area contributed by atoms with Crippen LogP contribution < -0.4 is 15.5 Å². The number of anilines is 1. The number of carbonyl (C=O) groups excluding carboxylic acids is 1. The molecule has 1 N–H and O–H groups in total. The average molecular weight is 439 g/mol. The van der Waals surface area contributed by atoms with Crippen LogP contribution in [0.2, 0.25) is 0 Å². The Morgan fingerprint density at radius 3 is 2.52 bits per heavy atom. The number of ether oxygens (including phenoxy) is 1. The topological polar surface area (TPSA) is 86.1 Å². The SMILES string of the molecule is COc1cn(CC(=O)Nc2c(C)cc(C)cc2C)c(CSc2nccc(C)n2)cc1=O. The van der Waals surface area contributed by atoms with E-state index in [1.165, 1.54) is 24.9 Å². The summed E-state index contributed by atoms with van der Waals surface area (Å²) in [6.45, 7) is 7.92. The number of aryl methyl sites for hydroxylation is 4. The number of hydrogen-bond acceptors (Lipinski definition) is 6. The van der Waals surface area contributed by atoms with Crippen LogP contribution >= 0.6 is 11.8 Å². The first-order valence-electron chi connectivity index (χ1n) is 9.84. The van der Waals surface area contributed by atoms with Gasteiger partial charge in [0.2, 0.25) is 11.3 Å². The van der Waals surface area contributed by atoms with Gasteiger partial charge in [-0.2, -0.15) is 0 Å². The predicted molar refractivity (Wildman–Crippen MR) is 123 cm³/mol. The summed E-state index contributed by atoms with van der Waals surface area (Å²) in [5.74, 6) is 0.452. The Bertz CT molecular complexity index is 1150. The predicted octanol–water partition coefficient (Wildman–Crippen LogP) is 3.81. The Morgan fingerprint density at radius 1 is 1.16 bits per heavy atom. The molecule has 0 spiro atoms. The van der Waals surface area contributed by atoms with Crippen LogP contribution in [0.4, 0.5) is 5.69 Å². The summed E-state index contributed by atoms with van der Waals surface area (Å²) >= 11 is 1.41. The first-order valence-corrected chi connectivity index (χ1v) is 10.8. The molecule has 7 nitrogen and oxygen atoms in total. The average Bonchev–Trinajstić information content (AvgIpc) is 2.70. The van der Waals surface area contributed by atoms with Crippen LogP contribution in [0.5, 0.6) is 5.75 Å². The molecule has 2 aromatic heterocycles. The lowest BCUT2D eigenvalue weighted by molar-refractivity contribution is -0.116. The molecule has 0 saturated carbocycles. The normalized spacial score (nSPS) is 10.7. The van der Waals surface area contributed by atoms with E-state index >= 15 is 0 Å². The largest absolute Gasteiger partial charge is 0.491 e.